The second-order valence-electron chi connectivity index (χ2n) is 5.54. The third-order valence-electron chi connectivity index (χ3n) is 3.96. The number of carbonyl (C=O) groups excluding carboxylic acids is 1. The first-order valence-electron chi connectivity index (χ1n) is 7.25. The van der Waals surface area contributed by atoms with Gasteiger partial charge in [0, 0.05) is 5.56 Å². The number of carbonyl (C=O) groups is 1. The number of nitrogens with zero attached hydrogens (tertiary/aromatic N) is 1. The van der Waals surface area contributed by atoms with Crippen LogP contribution in [0.5, 0.6) is 0 Å². The Morgan fingerprint density at radius 2 is 1.71 bits per heavy atom. The van der Waals surface area contributed by atoms with Crippen LogP contribution in [-0.4, -0.2) is 11.4 Å². The van der Waals surface area contributed by atoms with E-state index in [2.05, 4.69) is 11.4 Å². The summed E-state index contributed by atoms with van der Waals surface area (Å²) in [5.74, 6) is -0.268. The average molecular weight is 325 g/mol. The predicted molar refractivity (Wildman–Crippen MR) is 84.6 cm³/mol. The fraction of sp³-hybridized carbons (Fsp3) is 0.500. The van der Waals surface area contributed by atoms with Gasteiger partial charge in [0.15, 0.2) is 0 Å². The van der Waals surface area contributed by atoms with E-state index >= 15 is 0 Å². The molecule has 0 atom stereocenters. The lowest BCUT2D eigenvalue weighted by atomic mass is 9.85. The molecule has 1 N–H and O–H groups in total. The molecule has 21 heavy (non-hydrogen) atoms. The van der Waals surface area contributed by atoms with Gasteiger partial charge in [-0.15, -0.1) is 0 Å². The Hall–Kier alpha value is -1.24. The molecule has 1 fully saturated rings. The van der Waals surface area contributed by atoms with Gasteiger partial charge in [0.25, 0.3) is 5.91 Å². The van der Waals surface area contributed by atoms with E-state index in [9.17, 15) is 10.1 Å². The minimum absolute atomic E-state index is 0.268. The normalized spacial score (nSPS) is 18.1. The zero-order chi connectivity index (χ0) is 15.3. The zero-order valence-electron chi connectivity index (χ0n) is 11.8. The molecule has 1 saturated carbocycles. The van der Waals surface area contributed by atoms with Gasteiger partial charge in [-0.05, 0) is 31.0 Å². The highest BCUT2D eigenvalue weighted by atomic mass is 35.5. The first-order valence-corrected chi connectivity index (χ1v) is 8.01. The number of rotatable bonds is 2. The summed E-state index contributed by atoms with van der Waals surface area (Å²) in [6.07, 6.45) is 6.79. The summed E-state index contributed by atoms with van der Waals surface area (Å²) in [5.41, 5.74) is -0.329. The van der Waals surface area contributed by atoms with Crippen LogP contribution in [0.3, 0.4) is 0 Å². The van der Waals surface area contributed by atoms with Gasteiger partial charge in [-0.3, -0.25) is 4.79 Å². The molecule has 2 rings (SSSR count). The minimum atomic E-state index is -0.760. The number of nitriles is 1. The molecule has 0 saturated heterocycles. The largest absolute Gasteiger partial charge is 0.334 e. The molecule has 5 heteroatoms. The molecule has 1 aliphatic carbocycles. The summed E-state index contributed by atoms with van der Waals surface area (Å²) in [7, 11) is 0. The topological polar surface area (TPSA) is 52.9 Å². The summed E-state index contributed by atoms with van der Waals surface area (Å²) in [5, 5.41) is 13.2. The van der Waals surface area contributed by atoms with Crippen molar-refractivity contribution in [3.63, 3.8) is 0 Å². The number of benzene rings is 1. The van der Waals surface area contributed by atoms with Crippen molar-refractivity contribution in [3.8, 4) is 6.07 Å². The monoisotopic (exact) mass is 324 g/mol. The van der Waals surface area contributed by atoms with E-state index in [-0.39, 0.29) is 5.91 Å². The standard InChI is InChI=1S/C16H18Cl2N2O/c17-13-7-6-12(10-14(13)18)15(21)20-16(11-19)8-4-2-1-3-5-9-16/h6-7,10H,1-5,8-9H2,(H,20,21). The van der Waals surface area contributed by atoms with Crippen molar-refractivity contribution < 1.29 is 4.79 Å². The maximum Gasteiger partial charge on any atom is 0.252 e. The van der Waals surface area contributed by atoms with Gasteiger partial charge in [-0.25, -0.2) is 0 Å². The van der Waals surface area contributed by atoms with E-state index in [4.69, 9.17) is 23.2 Å². The fourth-order valence-electron chi connectivity index (χ4n) is 2.70. The van der Waals surface area contributed by atoms with Crippen LogP contribution in [0, 0.1) is 11.3 Å². The highest BCUT2D eigenvalue weighted by molar-refractivity contribution is 6.42. The summed E-state index contributed by atoms with van der Waals surface area (Å²) >= 11 is 11.8. The molecule has 1 aromatic rings. The smallest absolute Gasteiger partial charge is 0.252 e. The molecule has 1 amide bonds. The molecular formula is C16H18Cl2N2O. The molecule has 0 aromatic heterocycles. The van der Waals surface area contributed by atoms with Crippen molar-refractivity contribution >= 4 is 29.1 Å². The molecule has 0 radical (unpaired) electrons. The summed E-state index contributed by atoms with van der Waals surface area (Å²) in [6.45, 7) is 0. The molecule has 1 aliphatic rings. The van der Waals surface area contributed by atoms with Crippen LogP contribution in [0.2, 0.25) is 10.0 Å². The van der Waals surface area contributed by atoms with E-state index < -0.39 is 5.54 Å². The quantitative estimate of drug-likeness (QED) is 0.854. The van der Waals surface area contributed by atoms with Crippen LogP contribution in [0.25, 0.3) is 0 Å². The molecule has 0 bridgehead atoms. The van der Waals surface area contributed by atoms with Crippen molar-refractivity contribution in [2.75, 3.05) is 0 Å². The second-order valence-corrected chi connectivity index (χ2v) is 6.36. The van der Waals surface area contributed by atoms with E-state index in [1.165, 1.54) is 12.5 Å². The number of hydrogen-bond acceptors (Lipinski definition) is 2. The molecule has 0 aliphatic heterocycles. The number of nitrogens with one attached hydrogen (secondary N) is 1. The van der Waals surface area contributed by atoms with Crippen molar-refractivity contribution in [1.29, 1.82) is 5.26 Å². The minimum Gasteiger partial charge on any atom is -0.334 e. The summed E-state index contributed by atoms with van der Waals surface area (Å²) in [4.78, 5) is 12.4. The van der Waals surface area contributed by atoms with E-state index in [0.29, 0.717) is 28.5 Å². The van der Waals surface area contributed by atoms with E-state index in [1.54, 1.807) is 12.1 Å². The summed E-state index contributed by atoms with van der Waals surface area (Å²) < 4.78 is 0. The van der Waals surface area contributed by atoms with Crippen molar-refractivity contribution in [1.82, 2.24) is 5.32 Å². The van der Waals surface area contributed by atoms with Gasteiger partial charge in [-0.1, -0.05) is 55.3 Å². The van der Waals surface area contributed by atoms with Crippen molar-refractivity contribution in [2.45, 2.75) is 50.5 Å². The van der Waals surface area contributed by atoms with Crippen LogP contribution in [-0.2, 0) is 0 Å². The third kappa shape index (κ3) is 4.12. The Bertz CT molecular complexity index is 558. The molecule has 0 heterocycles. The lowest BCUT2D eigenvalue weighted by Crippen LogP contribution is -2.47. The first kappa shape index (κ1) is 16.1. The van der Waals surface area contributed by atoms with Gasteiger partial charge in [0.2, 0.25) is 0 Å². The third-order valence-corrected chi connectivity index (χ3v) is 4.69. The van der Waals surface area contributed by atoms with Gasteiger partial charge in [0.05, 0.1) is 16.1 Å². The average Bonchev–Trinajstić information content (AvgIpc) is 2.45. The Kier molecular flexibility index (Phi) is 5.50. The molecule has 0 spiro atoms. The van der Waals surface area contributed by atoms with Gasteiger partial charge in [-0.2, -0.15) is 5.26 Å². The van der Waals surface area contributed by atoms with Crippen molar-refractivity contribution in [3.05, 3.63) is 33.8 Å². The lowest BCUT2D eigenvalue weighted by molar-refractivity contribution is 0.0907. The van der Waals surface area contributed by atoms with E-state index in [1.807, 2.05) is 0 Å². The Morgan fingerprint density at radius 1 is 1.10 bits per heavy atom. The van der Waals surface area contributed by atoms with E-state index in [0.717, 1.165) is 25.7 Å². The van der Waals surface area contributed by atoms with Crippen LogP contribution in [0.15, 0.2) is 18.2 Å². The fourth-order valence-corrected chi connectivity index (χ4v) is 3.00. The number of halogens is 2. The second kappa shape index (κ2) is 7.15. The summed E-state index contributed by atoms with van der Waals surface area (Å²) in [6, 6.07) is 7.07. The Morgan fingerprint density at radius 3 is 2.29 bits per heavy atom. The maximum absolute atomic E-state index is 12.4. The highest BCUT2D eigenvalue weighted by Gasteiger charge is 2.32. The Balaban J connectivity index is 2.14. The van der Waals surface area contributed by atoms with Crippen LogP contribution in [0.4, 0.5) is 0 Å². The van der Waals surface area contributed by atoms with Crippen molar-refractivity contribution in [2.24, 2.45) is 0 Å². The predicted octanol–water partition coefficient (Wildman–Crippen LogP) is 4.73. The lowest BCUT2D eigenvalue weighted by Gasteiger charge is -2.29. The zero-order valence-corrected chi connectivity index (χ0v) is 13.3. The van der Waals surface area contributed by atoms with Crippen LogP contribution < -0.4 is 5.32 Å². The van der Waals surface area contributed by atoms with Gasteiger partial charge in [0.1, 0.15) is 5.54 Å². The molecular weight excluding hydrogens is 307 g/mol. The first-order chi connectivity index (χ1) is 10.1. The maximum atomic E-state index is 12.4. The van der Waals surface area contributed by atoms with Gasteiger partial charge >= 0.3 is 0 Å². The number of amides is 1. The molecule has 1 aromatic carbocycles. The van der Waals surface area contributed by atoms with Crippen LogP contribution >= 0.6 is 23.2 Å². The van der Waals surface area contributed by atoms with Crippen LogP contribution in [0.1, 0.15) is 55.3 Å². The molecule has 3 nitrogen and oxygen atoms in total. The Labute approximate surface area is 135 Å². The highest BCUT2D eigenvalue weighted by Crippen LogP contribution is 2.27. The SMILES string of the molecule is N#CC1(NC(=O)c2ccc(Cl)c(Cl)c2)CCCCCCC1. The molecule has 0 unspecified atom stereocenters. The number of hydrogen-bond donors (Lipinski definition) is 1. The molecule has 112 valence electrons. The van der Waals surface area contributed by atoms with Gasteiger partial charge < -0.3 is 5.32 Å².